The molecule has 0 spiro atoms. The van der Waals surface area contributed by atoms with Gasteiger partial charge in [0.1, 0.15) is 5.82 Å². The van der Waals surface area contributed by atoms with Crippen molar-refractivity contribution < 1.29 is 17.6 Å². The van der Waals surface area contributed by atoms with Gasteiger partial charge in [0.2, 0.25) is 0 Å². The molecule has 1 saturated carbocycles. The van der Waals surface area contributed by atoms with Crippen LogP contribution in [0.2, 0.25) is 0 Å². The summed E-state index contributed by atoms with van der Waals surface area (Å²) in [5.41, 5.74) is 6.94. The molecular formula is C15H18BrF4N. The number of benzene rings is 1. The zero-order chi connectivity index (χ0) is 15.6. The lowest BCUT2D eigenvalue weighted by molar-refractivity contribution is -0.186. The molecule has 2 N–H and O–H groups in total. The molecule has 1 aliphatic carbocycles. The number of hydrogen-bond donors (Lipinski definition) is 1. The Bertz CT molecular complexity index is 489. The van der Waals surface area contributed by atoms with Crippen LogP contribution in [0.3, 0.4) is 0 Å². The second-order valence-corrected chi connectivity index (χ2v) is 6.64. The first-order valence-electron chi connectivity index (χ1n) is 7.03. The van der Waals surface area contributed by atoms with E-state index in [0.29, 0.717) is 17.3 Å². The summed E-state index contributed by atoms with van der Waals surface area (Å²) in [4.78, 5) is 0. The Labute approximate surface area is 130 Å². The molecule has 3 unspecified atom stereocenters. The number of alkyl halides is 3. The molecule has 1 nitrogen and oxygen atoms in total. The van der Waals surface area contributed by atoms with Crippen LogP contribution in [0.1, 0.15) is 31.2 Å². The van der Waals surface area contributed by atoms with Crippen molar-refractivity contribution in [1.29, 1.82) is 0 Å². The van der Waals surface area contributed by atoms with Crippen LogP contribution in [0.15, 0.2) is 22.7 Å². The molecule has 0 amide bonds. The van der Waals surface area contributed by atoms with Gasteiger partial charge in [0, 0.05) is 6.04 Å². The van der Waals surface area contributed by atoms with E-state index in [0.717, 1.165) is 12.0 Å². The fourth-order valence-electron chi connectivity index (χ4n) is 3.02. The topological polar surface area (TPSA) is 26.0 Å². The van der Waals surface area contributed by atoms with Crippen molar-refractivity contribution in [3.8, 4) is 0 Å². The van der Waals surface area contributed by atoms with Crippen LogP contribution in [0.25, 0.3) is 0 Å². The summed E-state index contributed by atoms with van der Waals surface area (Å²) < 4.78 is 52.0. The highest BCUT2D eigenvalue weighted by Crippen LogP contribution is 2.41. The first-order chi connectivity index (χ1) is 9.77. The minimum atomic E-state index is -4.13. The van der Waals surface area contributed by atoms with E-state index < -0.39 is 12.1 Å². The van der Waals surface area contributed by atoms with Gasteiger partial charge in [0.05, 0.1) is 10.4 Å². The van der Waals surface area contributed by atoms with Gasteiger partial charge in [0.25, 0.3) is 0 Å². The predicted molar refractivity (Wildman–Crippen MR) is 77.3 cm³/mol. The van der Waals surface area contributed by atoms with E-state index in [2.05, 4.69) is 15.9 Å². The van der Waals surface area contributed by atoms with E-state index in [1.54, 1.807) is 12.1 Å². The smallest absolute Gasteiger partial charge is 0.327 e. The summed E-state index contributed by atoms with van der Waals surface area (Å²) in [6.07, 6.45) is -2.06. The molecule has 118 valence electrons. The molecule has 0 aromatic heterocycles. The lowest BCUT2D eigenvalue weighted by Gasteiger charge is -2.33. The second-order valence-electron chi connectivity index (χ2n) is 5.78. The molecule has 1 aromatic rings. The van der Waals surface area contributed by atoms with Gasteiger partial charge in [-0.15, -0.1) is 0 Å². The summed E-state index contributed by atoms with van der Waals surface area (Å²) in [7, 11) is 0. The largest absolute Gasteiger partial charge is 0.391 e. The molecule has 1 aliphatic rings. The van der Waals surface area contributed by atoms with Crippen LogP contribution in [-0.4, -0.2) is 12.2 Å². The van der Waals surface area contributed by atoms with Gasteiger partial charge in [-0.1, -0.05) is 12.5 Å². The summed E-state index contributed by atoms with van der Waals surface area (Å²) in [6, 6.07) is 4.28. The standard InChI is InChI=1S/C15H18BrF4N/c16-12-6-9(4-5-13(12)17)7-14(21)10-2-1-3-11(8-10)15(18,19)20/h4-6,10-11,14H,1-3,7-8,21H2. The number of halogens is 5. The Morgan fingerprint density at radius 1 is 1.29 bits per heavy atom. The van der Waals surface area contributed by atoms with Crippen LogP contribution in [-0.2, 0) is 6.42 Å². The van der Waals surface area contributed by atoms with Crippen LogP contribution >= 0.6 is 15.9 Å². The van der Waals surface area contributed by atoms with Gasteiger partial charge in [-0.2, -0.15) is 13.2 Å². The highest BCUT2D eigenvalue weighted by Gasteiger charge is 2.43. The minimum Gasteiger partial charge on any atom is -0.327 e. The summed E-state index contributed by atoms with van der Waals surface area (Å²) in [5, 5.41) is 0. The molecule has 1 aromatic carbocycles. The minimum absolute atomic E-state index is 0.104. The molecule has 0 heterocycles. The normalized spacial score (nSPS) is 24.9. The lowest BCUT2D eigenvalue weighted by Crippen LogP contribution is -2.38. The maximum absolute atomic E-state index is 13.2. The fraction of sp³-hybridized carbons (Fsp3) is 0.600. The molecule has 0 aliphatic heterocycles. The quantitative estimate of drug-likeness (QED) is 0.761. The van der Waals surface area contributed by atoms with Gasteiger partial charge in [-0.25, -0.2) is 4.39 Å². The first-order valence-corrected chi connectivity index (χ1v) is 7.83. The average Bonchev–Trinajstić information content (AvgIpc) is 2.42. The number of nitrogens with two attached hydrogens (primary N) is 1. The van der Waals surface area contributed by atoms with E-state index >= 15 is 0 Å². The Balaban J connectivity index is 1.99. The van der Waals surface area contributed by atoms with Crippen LogP contribution in [0, 0.1) is 17.7 Å². The van der Waals surface area contributed by atoms with E-state index in [9.17, 15) is 17.6 Å². The molecule has 0 radical (unpaired) electrons. The number of hydrogen-bond acceptors (Lipinski definition) is 1. The van der Waals surface area contributed by atoms with Gasteiger partial charge < -0.3 is 5.73 Å². The van der Waals surface area contributed by atoms with E-state index in [4.69, 9.17) is 5.73 Å². The first kappa shape index (κ1) is 16.7. The van der Waals surface area contributed by atoms with E-state index in [1.165, 1.54) is 6.07 Å². The summed E-state index contributed by atoms with van der Waals surface area (Å²) >= 11 is 3.10. The third-order valence-corrected chi connectivity index (χ3v) is 4.85. The van der Waals surface area contributed by atoms with Crippen molar-refractivity contribution in [1.82, 2.24) is 0 Å². The van der Waals surface area contributed by atoms with Crippen molar-refractivity contribution in [2.75, 3.05) is 0 Å². The molecule has 6 heteroatoms. The molecule has 3 atom stereocenters. The lowest BCUT2D eigenvalue weighted by atomic mass is 9.76. The van der Waals surface area contributed by atoms with Gasteiger partial charge in [-0.05, 0) is 65.2 Å². The zero-order valence-electron chi connectivity index (χ0n) is 11.5. The second kappa shape index (κ2) is 6.65. The zero-order valence-corrected chi connectivity index (χ0v) is 13.1. The Morgan fingerprint density at radius 2 is 2.00 bits per heavy atom. The van der Waals surface area contributed by atoms with Crippen LogP contribution in [0.4, 0.5) is 17.6 Å². The average molecular weight is 368 g/mol. The Hall–Kier alpha value is -0.620. The van der Waals surface area contributed by atoms with Crippen LogP contribution < -0.4 is 5.73 Å². The predicted octanol–water partition coefficient (Wildman–Crippen LogP) is 4.83. The molecule has 0 bridgehead atoms. The molecular weight excluding hydrogens is 350 g/mol. The molecule has 2 rings (SSSR count). The maximum Gasteiger partial charge on any atom is 0.391 e. The van der Waals surface area contributed by atoms with E-state index in [1.807, 2.05) is 0 Å². The third-order valence-electron chi connectivity index (χ3n) is 4.24. The monoisotopic (exact) mass is 367 g/mol. The summed E-state index contributed by atoms with van der Waals surface area (Å²) in [5.74, 6) is -1.72. The highest BCUT2D eigenvalue weighted by atomic mass is 79.9. The van der Waals surface area contributed by atoms with Gasteiger partial charge >= 0.3 is 6.18 Å². The fourth-order valence-corrected chi connectivity index (χ4v) is 3.45. The van der Waals surface area contributed by atoms with Crippen molar-refractivity contribution in [3.63, 3.8) is 0 Å². The van der Waals surface area contributed by atoms with Crippen molar-refractivity contribution >= 4 is 15.9 Å². The molecule has 0 saturated heterocycles. The van der Waals surface area contributed by atoms with Crippen molar-refractivity contribution in [2.45, 2.75) is 44.3 Å². The molecule has 1 fully saturated rings. The van der Waals surface area contributed by atoms with Crippen molar-refractivity contribution in [3.05, 3.63) is 34.1 Å². The summed E-state index contributed by atoms with van der Waals surface area (Å²) in [6.45, 7) is 0. The van der Waals surface area contributed by atoms with E-state index in [-0.39, 0.29) is 30.6 Å². The van der Waals surface area contributed by atoms with Crippen molar-refractivity contribution in [2.24, 2.45) is 17.6 Å². The Kier molecular flexibility index (Phi) is 5.30. The van der Waals surface area contributed by atoms with Gasteiger partial charge in [-0.3, -0.25) is 0 Å². The number of rotatable bonds is 3. The third kappa shape index (κ3) is 4.42. The van der Waals surface area contributed by atoms with Gasteiger partial charge in [0.15, 0.2) is 0 Å². The SMILES string of the molecule is NC(Cc1ccc(F)c(Br)c1)C1CCCC(C(F)(F)F)C1. The Morgan fingerprint density at radius 3 is 2.62 bits per heavy atom. The maximum atomic E-state index is 13.2. The molecule has 21 heavy (non-hydrogen) atoms. The van der Waals surface area contributed by atoms with Crippen LogP contribution in [0.5, 0.6) is 0 Å². The highest BCUT2D eigenvalue weighted by molar-refractivity contribution is 9.10.